The second-order valence-electron chi connectivity index (χ2n) is 5.52. The molecular weight excluding hydrogens is 281 g/mol. The van der Waals surface area contributed by atoms with E-state index in [-0.39, 0.29) is 22.9 Å². The molecule has 116 valence electrons. The molecule has 0 heterocycles. The maximum Gasteiger partial charge on any atom is 0.422 e. The first-order valence-electron chi connectivity index (χ1n) is 7.15. The highest BCUT2D eigenvalue weighted by Gasteiger charge is 2.52. The molecule has 0 radical (unpaired) electrons. The Balaban J connectivity index is 2.08. The minimum absolute atomic E-state index is 0.164. The number of benzene rings is 1. The third-order valence-corrected chi connectivity index (χ3v) is 4.56. The van der Waals surface area contributed by atoms with Crippen molar-refractivity contribution in [3.8, 4) is 5.75 Å². The zero-order chi connectivity index (χ0) is 15.7. The summed E-state index contributed by atoms with van der Waals surface area (Å²) in [5.74, 6) is 0.645. The Bertz CT molecular complexity index is 501. The quantitative estimate of drug-likeness (QED) is 0.801. The lowest BCUT2D eigenvalue weighted by molar-refractivity contribution is -0.153. The van der Waals surface area contributed by atoms with E-state index in [0.717, 1.165) is 18.4 Å². The summed E-state index contributed by atoms with van der Waals surface area (Å²) >= 11 is 0. The molecule has 5 heteroatoms. The minimum Gasteiger partial charge on any atom is -0.484 e. The highest BCUT2D eigenvalue weighted by molar-refractivity contribution is 5.93. The van der Waals surface area contributed by atoms with Gasteiger partial charge in [0, 0.05) is 17.8 Å². The molecule has 0 aliphatic heterocycles. The van der Waals surface area contributed by atoms with Crippen molar-refractivity contribution in [2.45, 2.75) is 45.2 Å². The van der Waals surface area contributed by atoms with Gasteiger partial charge in [0.05, 0.1) is 0 Å². The summed E-state index contributed by atoms with van der Waals surface area (Å²) in [6.45, 7) is 2.73. The van der Waals surface area contributed by atoms with Crippen LogP contribution in [-0.2, 0) is 4.79 Å². The van der Waals surface area contributed by atoms with Crippen molar-refractivity contribution >= 4 is 5.78 Å². The zero-order valence-corrected chi connectivity index (χ0v) is 12.2. The van der Waals surface area contributed by atoms with E-state index in [1.54, 1.807) is 24.3 Å². The molecule has 0 N–H and O–H groups in total. The second kappa shape index (κ2) is 5.70. The van der Waals surface area contributed by atoms with Gasteiger partial charge in [0.15, 0.2) is 6.61 Å². The lowest BCUT2D eigenvalue weighted by Gasteiger charge is -2.47. The number of ketones is 1. The Labute approximate surface area is 122 Å². The van der Waals surface area contributed by atoms with Crippen LogP contribution in [0.5, 0.6) is 5.75 Å². The Morgan fingerprint density at radius 2 is 1.76 bits per heavy atom. The average molecular weight is 300 g/mol. The van der Waals surface area contributed by atoms with Crippen LogP contribution in [-0.4, -0.2) is 18.6 Å². The number of ether oxygens (including phenoxy) is 1. The van der Waals surface area contributed by atoms with Crippen LogP contribution < -0.4 is 4.74 Å². The molecule has 1 fully saturated rings. The lowest BCUT2D eigenvalue weighted by Crippen LogP contribution is -2.47. The van der Waals surface area contributed by atoms with E-state index in [4.69, 9.17) is 4.74 Å². The minimum atomic E-state index is -4.33. The fourth-order valence-electron chi connectivity index (χ4n) is 3.18. The highest BCUT2D eigenvalue weighted by atomic mass is 19.4. The van der Waals surface area contributed by atoms with Crippen molar-refractivity contribution in [3.63, 3.8) is 0 Å². The van der Waals surface area contributed by atoms with Gasteiger partial charge in [-0.05, 0) is 30.5 Å². The van der Waals surface area contributed by atoms with Crippen LogP contribution >= 0.6 is 0 Å². The summed E-state index contributed by atoms with van der Waals surface area (Å²) < 4.78 is 40.9. The molecule has 1 atom stereocenters. The fraction of sp³-hybridized carbons (Fsp3) is 0.562. The van der Waals surface area contributed by atoms with Crippen molar-refractivity contribution in [1.29, 1.82) is 0 Å². The van der Waals surface area contributed by atoms with E-state index in [1.807, 2.05) is 13.8 Å². The molecule has 21 heavy (non-hydrogen) atoms. The standard InChI is InChI=1S/C16H19F3O2/c1-3-15(4-2)13(9-14(15)20)11-5-7-12(8-6-11)21-10-16(17,18)19/h5-8,13H,3-4,9-10H2,1-2H3. The van der Waals surface area contributed by atoms with Gasteiger partial charge in [0.1, 0.15) is 11.5 Å². The van der Waals surface area contributed by atoms with E-state index < -0.39 is 12.8 Å². The molecule has 0 aromatic heterocycles. The van der Waals surface area contributed by atoms with Crippen LogP contribution in [0, 0.1) is 5.41 Å². The molecule has 2 rings (SSSR count). The Kier molecular flexibility index (Phi) is 4.30. The molecule has 0 amide bonds. The van der Waals surface area contributed by atoms with Crippen LogP contribution in [0.25, 0.3) is 0 Å². The van der Waals surface area contributed by atoms with Gasteiger partial charge in [-0.25, -0.2) is 0 Å². The zero-order valence-electron chi connectivity index (χ0n) is 12.2. The Morgan fingerprint density at radius 3 is 2.19 bits per heavy atom. The summed E-state index contributed by atoms with van der Waals surface area (Å²) in [6.07, 6.45) is -2.23. The summed E-state index contributed by atoms with van der Waals surface area (Å²) in [5, 5.41) is 0. The van der Waals surface area contributed by atoms with Gasteiger partial charge < -0.3 is 4.74 Å². The third-order valence-electron chi connectivity index (χ3n) is 4.56. The van der Waals surface area contributed by atoms with Gasteiger partial charge in [0.25, 0.3) is 0 Å². The van der Waals surface area contributed by atoms with Crippen LogP contribution in [0.1, 0.15) is 44.6 Å². The molecular formula is C16H19F3O2. The molecule has 0 bridgehead atoms. The number of carbonyl (C=O) groups is 1. The van der Waals surface area contributed by atoms with Gasteiger partial charge in [-0.15, -0.1) is 0 Å². The summed E-state index contributed by atoms with van der Waals surface area (Å²) in [6, 6.07) is 6.62. The highest BCUT2D eigenvalue weighted by Crippen LogP contribution is 2.54. The van der Waals surface area contributed by atoms with Crippen molar-refractivity contribution in [2.75, 3.05) is 6.61 Å². The molecule has 1 aromatic carbocycles. The first-order chi connectivity index (χ1) is 9.82. The number of alkyl halides is 3. The summed E-state index contributed by atoms with van der Waals surface area (Å²) in [7, 11) is 0. The largest absolute Gasteiger partial charge is 0.484 e. The predicted molar refractivity (Wildman–Crippen MR) is 73.4 cm³/mol. The van der Waals surface area contributed by atoms with Gasteiger partial charge in [-0.1, -0.05) is 26.0 Å². The smallest absolute Gasteiger partial charge is 0.422 e. The maximum absolute atomic E-state index is 12.1. The van der Waals surface area contributed by atoms with E-state index in [0.29, 0.717) is 6.42 Å². The second-order valence-corrected chi connectivity index (χ2v) is 5.52. The van der Waals surface area contributed by atoms with Crippen LogP contribution in [0.4, 0.5) is 13.2 Å². The number of Topliss-reactive ketones (excluding diaryl/α,β-unsaturated/α-hetero) is 1. The number of halogens is 3. The van der Waals surface area contributed by atoms with Crippen molar-refractivity contribution in [2.24, 2.45) is 5.41 Å². The van der Waals surface area contributed by atoms with E-state index >= 15 is 0 Å². The summed E-state index contributed by atoms with van der Waals surface area (Å²) in [4.78, 5) is 11.9. The molecule has 1 unspecified atom stereocenters. The number of carbonyl (C=O) groups excluding carboxylic acids is 1. The molecule has 0 spiro atoms. The first-order valence-corrected chi connectivity index (χ1v) is 7.15. The molecule has 2 nitrogen and oxygen atoms in total. The number of hydrogen-bond acceptors (Lipinski definition) is 2. The topological polar surface area (TPSA) is 26.3 Å². The van der Waals surface area contributed by atoms with Crippen LogP contribution in [0.15, 0.2) is 24.3 Å². The van der Waals surface area contributed by atoms with E-state index in [2.05, 4.69) is 0 Å². The van der Waals surface area contributed by atoms with E-state index in [9.17, 15) is 18.0 Å². The fourth-order valence-corrected chi connectivity index (χ4v) is 3.18. The SMILES string of the molecule is CCC1(CC)C(=O)CC1c1ccc(OCC(F)(F)F)cc1. The molecule has 1 aromatic rings. The van der Waals surface area contributed by atoms with Crippen LogP contribution in [0.2, 0.25) is 0 Å². The van der Waals surface area contributed by atoms with Crippen LogP contribution in [0.3, 0.4) is 0 Å². The predicted octanol–water partition coefficient (Wildman–Crippen LogP) is 4.49. The normalized spacial score (nSPS) is 21.0. The van der Waals surface area contributed by atoms with Gasteiger partial charge in [0.2, 0.25) is 0 Å². The van der Waals surface area contributed by atoms with Crippen molar-refractivity contribution in [3.05, 3.63) is 29.8 Å². The maximum atomic E-state index is 12.1. The van der Waals surface area contributed by atoms with Gasteiger partial charge in [-0.3, -0.25) is 4.79 Å². The van der Waals surface area contributed by atoms with Gasteiger partial charge >= 0.3 is 6.18 Å². The van der Waals surface area contributed by atoms with Crippen molar-refractivity contribution < 1.29 is 22.7 Å². The number of hydrogen-bond donors (Lipinski definition) is 0. The molecule has 1 aliphatic carbocycles. The third kappa shape index (κ3) is 3.06. The summed E-state index contributed by atoms with van der Waals surface area (Å²) in [5.41, 5.74) is 0.701. The molecule has 1 saturated carbocycles. The monoisotopic (exact) mass is 300 g/mol. The first kappa shape index (κ1) is 15.9. The average Bonchev–Trinajstić information content (AvgIpc) is 2.44. The molecule has 0 saturated heterocycles. The van der Waals surface area contributed by atoms with Gasteiger partial charge in [-0.2, -0.15) is 13.2 Å². The Morgan fingerprint density at radius 1 is 1.19 bits per heavy atom. The number of rotatable bonds is 5. The molecule has 1 aliphatic rings. The Hall–Kier alpha value is -1.52. The lowest BCUT2D eigenvalue weighted by atomic mass is 9.54. The van der Waals surface area contributed by atoms with E-state index in [1.165, 1.54) is 0 Å². The van der Waals surface area contributed by atoms with Crippen molar-refractivity contribution in [1.82, 2.24) is 0 Å².